The molecule has 158 valence electrons. The zero-order valence-corrected chi connectivity index (χ0v) is 17.1. The number of Topliss-reactive ketones (excluding diaryl/α,β-unsaturated/α-hetero) is 1. The quantitative estimate of drug-likeness (QED) is 0.224. The summed E-state index contributed by atoms with van der Waals surface area (Å²) < 4.78 is 10.7. The Labute approximate surface area is 182 Å². The number of benzene rings is 3. The van der Waals surface area contributed by atoms with E-state index in [1.165, 1.54) is 42.5 Å². The number of halogens is 1. The van der Waals surface area contributed by atoms with Gasteiger partial charge in [0.15, 0.2) is 12.4 Å². The Bertz CT molecular complexity index is 1130. The van der Waals surface area contributed by atoms with Gasteiger partial charge in [-0.3, -0.25) is 14.9 Å². The van der Waals surface area contributed by atoms with Crippen LogP contribution in [-0.4, -0.2) is 30.3 Å². The number of ketones is 1. The number of nitro groups is 1. The molecule has 3 aromatic rings. The van der Waals surface area contributed by atoms with Gasteiger partial charge in [0.2, 0.25) is 5.75 Å². The van der Waals surface area contributed by atoms with Crippen molar-refractivity contribution in [1.82, 2.24) is 0 Å². The highest BCUT2D eigenvalue weighted by Crippen LogP contribution is 2.37. The molecule has 0 fully saturated rings. The average Bonchev–Trinajstić information content (AvgIpc) is 2.78. The molecule has 0 aliphatic rings. The maximum atomic E-state index is 12.4. The molecule has 0 aromatic heterocycles. The largest absolute Gasteiger partial charge is 0.454 e. The summed E-state index contributed by atoms with van der Waals surface area (Å²) in [6.07, 6.45) is 0. The first-order chi connectivity index (χ1) is 14.9. The summed E-state index contributed by atoms with van der Waals surface area (Å²) in [4.78, 5) is 35.1. The van der Waals surface area contributed by atoms with E-state index in [9.17, 15) is 19.7 Å². The van der Waals surface area contributed by atoms with Gasteiger partial charge in [-0.15, -0.1) is 0 Å². The zero-order valence-electron chi connectivity index (χ0n) is 16.3. The van der Waals surface area contributed by atoms with Gasteiger partial charge in [-0.05, 0) is 42.5 Å². The third-order valence-electron chi connectivity index (χ3n) is 4.29. The molecule has 1 N–H and O–H groups in total. The lowest BCUT2D eigenvalue weighted by Gasteiger charge is -2.10. The number of para-hydroxylation sites is 2. The van der Waals surface area contributed by atoms with Crippen LogP contribution < -0.4 is 10.1 Å². The highest BCUT2D eigenvalue weighted by atomic mass is 35.5. The summed E-state index contributed by atoms with van der Waals surface area (Å²) in [5.74, 6) is -0.868. The van der Waals surface area contributed by atoms with Crippen LogP contribution in [0.1, 0.15) is 20.7 Å². The Morgan fingerprint density at radius 3 is 2.42 bits per heavy atom. The molecule has 31 heavy (non-hydrogen) atoms. The fourth-order valence-electron chi connectivity index (χ4n) is 2.74. The van der Waals surface area contributed by atoms with Crippen molar-refractivity contribution >= 4 is 34.7 Å². The van der Waals surface area contributed by atoms with Crippen molar-refractivity contribution in [3.05, 3.63) is 93.0 Å². The molecule has 0 unspecified atom stereocenters. The molecule has 8 nitrogen and oxygen atoms in total. The van der Waals surface area contributed by atoms with Gasteiger partial charge < -0.3 is 14.8 Å². The summed E-state index contributed by atoms with van der Waals surface area (Å²) in [6, 6.07) is 16.9. The number of ether oxygens (including phenoxy) is 2. The first kappa shape index (κ1) is 21.8. The van der Waals surface area contributed by atoms with Gasteiger partial charge in [0.25, 0.3) is 0 Å². The number of nitro benzene ring substituents is 1. The number of esters is 1. The molecule has 0 heterocycles. The molecule has 3 rings (SSSR count). The average molecular weight is 441 g/mol. The van der Waals surface area contributed by atoms with E-state index in [-0.39, 0.29) is 27.8 Å². The molecule has 0 atom stereocenters. The second-order valence-electron chi connectivity index (χ2n) is 6.27. The third-order valence-corrected chi connectivity index (χ3v) is 4.59. The number of carbonyl (C=O) groups is 2. The Morgan fingerprint density at radius 2 is 1.74 bits per heavy atom. The van der Waals surface area contributed by atoms with Crippen LogP contribution in [0.2, 0.25) is 5.02 Å². The Hall–Kier alpha value is -3.91. The molecular formula is C22H17ClN2O6. The number of hydrogen-bond donors (Lipinski definition) is 1. The standard InChI is InChI=1S/C22H17ClN2O6/c1-24-18-7-3-2-5-16(18)22(27)30-13-20(26)14-9-11-15(12-10-14)31-21-17(23)6-4-8-19(21)25(28)29/h2-12,24H,13H2,1H3. The number of carbonyl (C=O) groups excluding carboxylic acids is 2. The first-order valence-electron chi connectivity index (χ1n) is 9.08. The van der Waals surface area contributed by atoms with Crippen LogP contribution >= 0.6 is 11.6 Å². The van der Waals surface area contributed by atoms with Crippen molar-refractivity contribution in [2.45, 2.75) is 0 Å². The van der Waals surface area contributed by atoms with E-state index in [1.54, 1.807) is 31.3 Å². The van der Waals surface area contributed by atoms with Gasteiger partial charge in [0.1, 0.15) is 5.75 Å². The van der Waals surface area contributed by atoms with Crippen LogP contribution in [0.25, 0.3) is 0 Å². The van der Waals surface area contributed by atoms with Crippen LogP contribution in [0.3, 0.4) is 0 Å². The summed E-state index contributed by atoms with van der Waals surface area (Å²) in [6.45, 7) is -0.437. The molecule has 0 amide bonds. The Kier molecular flexibility index (Phi) is 6.84. The minimum Gasteiger partial charge on any atom is -0.454 e. The lowest BCUT2D eigenvalue weighted by Crippen LogP contribution is -2.15. The van der Waals surface area contributed by atoms with Crippen molar-refractivity contribution < 1.29 is 24.0 Å². The van der Waals surface area contributed by atoms with Crippen molar-refractivity contribution in [1.29, 1.82) is 0 Å². The zero-order chi connectivity index (χ0) is 22.4. The summed E-state index contributed by atoms with van der Waals surface area (Å²) in [5.41, 5.74) is 0.926. The fraction of sp³-hybridized carbons (Fsp3) is 0.0909. The van der Waals surface area contributed by atoms with Crippen LogP contribution in [0.4, 0.5) is 11.4 Å². The van der Waals surface area contributed by atoms with Gasteiger partial charge in [0.05, 0.1) is 15.5 Å². The van der Waals surface area contributed by atoms with Gasteiger partial charge >= 0.3 is 11.7 Å². The molecule has 9 heteroatoms. The van der Waals surface area contributed by atoms with Crippen molar-refractivity contribution in [2.24, 2.45) is 0 Å². The maximum Gasteiger partial charge on any atom is 0.340 e. The summed E-state index contributed by atoms with van der Waals surface area (Å²) in [5, 5.41) is 14.1. The first-order valence-corrected chi connectivity index (χ1v) is 9.46. The maximum absolute atomic E-state index is 12.4. The van der Waals surface area contributed by atoms with E-state index in [0.29, 0.717) is 11.3 Å². The molecule has 0 aliphatic carbocycles. The van der Waals surface area contributed by atoms with Gasteiger partial charge in [-0.1, -0.05) is 29.8 Å². The predicted octanol–water partition coefficient (Wildman–Crippen LogP) is 5.12. The minimum atomic E-state index is -0.621. The number of nitrogens with zero attached hydrogens (tertiary/aromatic N) is 1. The van der Waals surface area contributed by atoms with Gasteiger partial charge in [0, 0.05) is 24.4 Å². The highest BCUT2D eigenvalue weighted by Gasteiger charge is 2.19. The van der Waals surface area contributed by atoms with Crippen molar-refractivity contribution in [2.75, 3.05) is 19.0 Å². The lowest BCUT2D eigenvalue weighted by atomic mass is 10.1. The molecule has 0 saturated heterocycles. The Balaban J connectivity index is 1.66. The van der Waals surface area contributed by atoms with Crippen LogP contribution in [0.15, 0.2) is 66.7 Å². The van der Waals surface area contributed by atoms with E-state index < -0.39 is 23.3 Å². The van der Waals surface area contributed by atoms with Crippen LogP contribution in [-0.2, 0) is 4.74 Å². The topological polar surface area (TPSA) is 108 Å². The smallest absolute Gasteiger partial charge is 0.340 e. The number of hydrogen-bond acceptors (Lipinski definition) is 7. The normalized spacial score (nSPS) is 10.3. The second-order valence-corrected chi connectivity index (χ2v) is 6.67. The van der Waals surface area contributed by atoms with Crippen LogP contribution in [0, 0.1) is 10.1 Å². The van der Waals surface area contributed by atoms with E-state index >= 15 is 0 Å². The third kappa shape index (κ3) is 5.18. The molecule has 0 saturated carbocycles. The van der Waals surface area contributed by atoms with E-state index in [0.717, 1.165) is 0 Å². The predicted molar refractivity (Wildman–Crippen MR) is 115 cm³/mol. The van der Waals surface area contributed by atoms with Gasteiger partial charge in [-0.25, -0.2) is 4.79 Å². The van der Waals surface area contributed by atoms with Crippen LogP contribution in [0.5, 0.6) is 11.5 Å². The molecule has 0 bridgehead atoms. The fourth-order valence-corrected chi connectivity index (χ4v) is 2.95. The molecule has 0 spiro atoms. The van der Waals surface area contributed by atoms with Crippen molar-refractivity contribution in [3.8, 4) is 11.5 Å². The molecular weight excluding hydrogens is 424 g/mol. The minimum absolute atomic E-state index is 0.0862. The molecule has 3 aromatic carbocycles. The molecule has 0 radical (unpaired) electrons. The van der Waals surface area contributed by atoms with Crippen molar-refractivity contribution in [3.63, 3.8) is 0 Å². The monoisotopic (exact) mass is 440 g/mol. The SMILES string of the molecule is CNc1ccccc1C(=O)OCC(=O)c1ccc(Oc2c(Cl)cccc2[N+](=O)[O-])cc1. The lowest BCUT2D eigenvalue weighted by molar-refractivity contribution is -0.385. The van der Waals surface area contributed by atoms with E-state index in [2.05, 4.69) is 5.32 Å². The summed E-state index contributed by atoms with van der Waals surface area (Å²) >= 11 is 6.01. The summed E-state index contributed by atoms with van der Waals surface area (Å²) in [7, 11) is 1.68. The van der Waals surface area contributed by atoms with E-state index in [1.807, 2.05) is 0 Å². The number of rotatable bonds is 8. The number of anilines is 1. The molecule has 0 aliphatic heterocycles. The Morgan fingerprint density at radius 1 is 1.03 bits per heavy atom. The highest BCUT2D eigenvalue weighted by molar-refractivity contribution is 6.32. The van der Waals surface area contributed by atoms with Gasteiger partial charge in [-0.2, -0.15) is 0 Å². The second kappa shape index (κ2) is 9.73. The van der Waals surface area contributed by atoms with E-state index in [4.69, 9.17) is 21.1 Å². The number of nitrogens with one attached hydrogen (secondary N) is 1.